The number of nitrogens with two attached hydrogens (primary N) is 1. The molecule has 1 atom stereocenters. The molecule has 33 heavy (non-hydrogen) atoms. The van der Waals surface area contributed by atoms with E-state index in [1.807, 2.05) is 0 Å². The van der Waals surface area contributed by atoms with E-state index >= 15 is 0 Å². The van der Waals surface area contributed by atoms with Gasteiger partial charge in [-0.25, -0.2) is 4.39 Å². The maximum atomic E-state index is 14.5. The lowest BCUT2D eigenvalue weighted by Gasteiger charge is -2.16. The average molecular weight is 506 g/mol. The van der Waals surface area contributed by atoms with Crippen LogP contribution < -0.4 is 15.2 Å². The molecule has 0 unspecified atom stereocenters. The third kappa shape index (κ3) is 6.11. The van der Waals surface area contributed by atoms with Crippen molar-refractivity contribution >= 4 is 22.9 Å². The fourth-order valence-electron chi connectivity index (χ4n) is 2.74. The summed E-state index contributed by atoms with van der Waals surface area (Å²) in [4.78, 5) is 0. The number of aromatic nitrogens is 2. The molecule has 0 aliphatic carbocycles. The van der Waals surface area contributed by atoms with Gasteiger partial charge in [0.05, 0.1) is 29.3 Å². The molecule has 0 saturated heterocycles. The first-order valence-electron chi connectivity index (χ1n) is 9.70. The molecule has 3 aromatic rings. The van der Waals surface area contributed by atoms with E-state index < -0.39 is 29.7 Å². The molecule has 12 heteroatoms. The Balaban J connectivity index is 1.92. The first kappa shape index (κ1) is 25.2. The molecule has 0 amide bonds. The van der Waals surface area contributed by atoms with Crippen LogP contribution in [0.1, 0.15) is 19.4 Å². The predicted molar refractivity (Wildman–Crippen MR) is 117 cm³/mol. The van der Waals surface area contributed by atoms with Crippen LogP contribution in [0.15, 0.2) is 30.3 Å². The molecule has 1 heterocycles. The summed E-state index contributed by atoms with van der Waals surface area (Å²) in [5.74, 6) is -1.19. The Labute approximate surface area is 195 Å². The normalized spacial score (nSPS) is 12.8. The summed E-state index contributed by atoms with van der Waals surface area (Å²) in [6, 6.07) is 5.25. The van der Waals surface area contributed by atoms with Gasteiger partial charge in [0.1, 0.15) is 22.4 Å². The minimum absolute atomic E-state index is 0.100. The lowest BCUT2D eigenvalue weighted by molar-refractivity contribution is -0.139. The Morgan fingerprint density at radius 1 is 1.12 bits per heavy atom. The van der Waals surface area contributed by atoms with Gasteiger partial charge < -0.3 is 20.3 Å². The third-order valence-corrected chi connectivity index (χ3v) is 5.58. The zero-order valence-electron chi connectivity index (χ0n) is 17.5. The quantitative estimate of drug-likeness (QED) is 0.410. The Morgan fingerprint density at radius 2 is 1.82 bits per heavy atom. The molecular formula is C21H20ClF4N3O3S. The summed E-state index contributed by atoms with van der Waals surface area (Å²) >= 11 is 7.19. The molecule has 0 fully saturated rings. The molecule has 0 bridgehead atoms. The highest BCUT2D eigenvalue weighted by Crippen LogP contribution is 2.41. The Kier molecular flexibility index (Phi) is 7.78. The van der Waals surface area contributed by atoms with E-state index in [0.717, 1.165) is 23.5 Å². The number of rotatable bonds is 8. The highest BCUT2D eigenvalue weighted by molar-refractivity contribution is 7.18. The van der Waals surface area contributed by atoms with Crippen LogP contribution in [0, 0.1) is 5.82 Å². The summed E-state index contributed by atoms with van der Waals surface area (Å²) in [6.07, 6.45) is -5.07. The van der Waals surface area contributed by atoms with Crippen molar-refractivity contribution in [2.24, 2.45) is 5.73 Å². The van der Waals surface area contributed by atoms with Crippen LogP contribution in [0.4, 0.5) is 17.6 Å². The second-order valence-corrected chi connectivity index (χ2v) is 8.69. The Bertz CT molecular complexity index is 1120. The van der Waals surface area contributed by atoms with Crippen molar-refractivity contribution in [3.8, 4) is 32.6 Å². The van der Waals surface area contributed by atoms with Crippen molar-refractivity contribution in [3.05, 3.63) is 46.7 Å². The molecule has 6 nitrogen and oxygen atoms in total. The molecule has 3 N–H and O–H groups in total. The second-order valence-electron chi connectivity index (χ2n) is 7.30. The van der Waals surface area contributed by atoms with Crippen molar-refractivity contribution in [2.45, 2.75) is 32.2 Å². The largest absolute Gasteiger partial charge is 0.490 e. The molecule has 0 saturated carbocycles. The standard InChI is InChI=1S/C21H20ClF4N3O3S/c1-10(2)32-17-4-3-11(5-14(17)21(24,25)26)19-28-29-20(33-19)13-6-16(23)18(7-15(13)22)31-9-12(27)8-30/h3-7,10,12,30H,8-9,27H2,1-2H3/t12-/m1/s1. The monoisotopic (exact) mass is 505 g/mol. The summed E-state index contributed by atoms with van der Waals surface area (Å²) in [5, 5.41) is 17.3. The first-order chi connectivity index (χ1) is 15.5. The highest BCUT2D eigenvalue weighted by atomic mass is 35.5. The minimum atomic E-state index is -4.63. The van der Waals surface area contributed by atoms with Crippen LogP contribution in [0.25, 0.3) is 21.1 Å². The number of halogens is 5. The van der Waals surface area contributed by atoms with Gasteiger partial charge in [-0.15, -0.1) is 10.2 Å². The molecule has 3 rings (SSSR count). The number of benzene rings is 2. The summed E-state index contributed by atoms with van der Waals surface area (Å²) < 4.78 is 65.6. The van der Waals surface area contributed by atoms with Gasteiger partial charge in [-0.1, -0.05) is 22.9 Å². The lowest BCUT2D eigenvalue weighted by Crippen LogP contribution is -2.31. The first-order valence-corrected chi connectivity index (χ1v) is 10.9. The van der Waals surface area contributed by atoms with Gasteiger partial charge in [0.15, 0.2) is 11.6 Å². The van der Waals surface area contributed by atoms with Gasteiger partial charge >= 0.3 is 6.18 Å². The molecule has 0 aliphatic heterocycles. The van der Waals surface area contributed by atoms with Crippen molar-refractivity contribution in [3.63, 3.8) is 0 Å². The smallest absolute Gasteiger partial charge is 0.419 e. The Hall–Kier alpha value is -2.47. The van der Waals surface area contributed by atoms with Crippen molar-refractivity contribution in [1.29, 1.82) is 0 Å². The molecule has 1 aromatic heterocycles. The zero-order valence-corrected chi connectivity index (χ0v) is 19.1. The van der Waals surface area contributed by atoms with Crippen LogP contribution in [0.5, 0.6) is 11.5 Å². The molecule has 0 spiro atoms. The molecule has 0 radical (unpaired) electrons. The lowest BCUT2D eigenvalue weighted by atomic mass is 10.1. The van der Waals surface area contributed by atoms with E-state index in [2.05, 4.69) is 10.2 Å². The van der Waals surface area contributed by atoms with E-state index in [1.165, 1.54) is 18.2 Å². The van der Waals surface area contributed by atoms with Crippen LogP contribution >= 0.6 is 22.9 Å². The van der Waals surface area contributed by atoms with E-state index in [1.54, 1.807) is 13.8 Å². The van der Waals surface area contributed by atoms with Gasteiger partial charge in [0, 0.05) is 17.2 Å². The van der Waals surface area contributed by atoms with Gasteiger partial charge in [0.25, 0.3) is 0 Å². The van der Waals surface area contributed by atoms with Crippen molar-refractivity contribution in [1.82, 2.24) is 10.2 Å². The number of hydrogen-bond acceptors (Lipinski definition) is 7. The molecule has 0 aliphatic rings. The van der Waals surface area contributed by atoms with Crippen molar-refractivity contribution in [2.75, 3.05) is 13.2 Å². The van der Waals surface area contributed by atoms with Gasteiger partial charge in [-0.2, -0.15) is 13.2 Å². The predicted octanol–water partition coefficient (Wildman–Crippen LogP) is 5.17. The average Bonchev–Trinajstić information content (AvgIpc) is 3.22. The van der Waals surface area contributed by atoms with Crippen LogP contribution in [0.3, 0.4) is 0 Å². The van der Waals surface area contributed by atoms with Crippen LogP contribution in [-0.4, -0.2) is 40.7 Å². The summed E-state index contributed by atoms with van der Waals surface area (Å²) in [5.41, 5.74) is 4.98. The Morgan fingerprint density at radius 3 is 2.45 bits per heavy atom. The number of hydrogen-bond donors (Lipinski definition) is 2. The highest BCUT2D eigenvalue weighted by Gasteiger charge is 2.35. The van der Waals surface area contributed by atoms with Gasteiger partial charge in [0.2, 0.25) is 0 Å². The van der Waals surface area contributed by atoms with E-state index in [4.69, 9.17) is 31.9 Å². The number of aliphatic hydroxyl groups excluding tert-OH is 1. The fourth-order valence-corrected chi connectivity index (χ4v) is 3.91. The van der Waals surface area contributed by atoms with E-state index in [-0.39, 0.29) is 50.9 Å². The van der Waals surface area contributed by atoms with Crippen molar-refractivity contribution < 1.29 is 32.1 Å². The maximum Gasteiger partial charge on any atom is 0.419 e. The second kappa shape index (κ2) is 10.2. The molecule has 2 aromatic carbocycles. The minimum Gasteiger partial charge on any atom is -0.490 e. The van der Waals surface area contributed by atoms with Crippen LogP contribution in [0.2, 0.25) is 5.02 Å². The van der Waals surface area contributed by atoms with E-state index in [9.17, 15) is 17.6 Å². The third-order valence-electron chi connectivity index (χ3n) is 4.26. The topological polar surface area (TPSA) is 90.5 Å². The van der Waals surface area contributed by atoms with E-state index in [0.29, 0.717) is 0 Å². The van der Waals surface area contributed by atoms with Gasteiger partial charge in [-0.3, -0.25) is 0 Å². The number of alkyl halides is 3. The van der Waals surface area contributed by atoms with Gasteiger partial charge in [-0.05, 0) is 38.1 Å². The van der Waals surface area contributed by atoms with Crippen LogP contribution in [-0.2, 0) is 6.18 Å². The summed E-state index contributed by atoms with van der Waals surface area (Å²) in [6.45, 7) is 2.81. The fraction of sp³-hybridized carbons (Fsp3) is 0.333. The number of ether oxygens (including phenoxy) is 2. The maximum absolute atomic E-state index is 14.5. The SMILES string of the molecule is CC(C)Oc1ccc(-c2nnc(-c3cc(F)c(OC[C@H](N)CO)cc3Cl)s2)cc1C(F)(F)F. The number of aliphatic hydroxyl groups is 1. The molecule has 178 valence electrons. The number of nitrogens with zero attached hydrogens (tertiary/aromatic N) is 2. The summed E-state index contributed by atoms with van der Waals surface area (Å²) in [7, 11) is 0. The molecular weight excluding hydrogens is 486 g/mol. The zero-order chi connectivity index (χ0) is 24.3.